The second-order valence-electron chi connectivity index (χ2n) is 6.04. The summed E-state index contributed by atoms with van der Waals surface area (Å²) >= 11 is 0. The van der Waals surface area contributed by atoms with Gasteiger partial charge in [0.05, 0.1) is 0 Å². The predicted octanol–water partition coefficient (Wildman–Crippen LogP) is 2.02. The van der Waals surface area contributed by atoms with E-state index in [0.717, 1.165) is 56.2 Å². The molecule has 23 heavy (non-hydrogen) atoms. The van der Waals surface area contributed by atoms with Gasteiger partial charge in [-0.1, -0.05) is 12.8 Å². The zero-order valence-electron chi connectivity index (χ0n) is 13.3. The van der Waals surface area contributed by atoms with Gasteiger partial charge in [0.2, 0.25) is 0 Å². The standard InChI is InChI=1S/C17H24N2O4/c20-15(21)9-3-1-2-6-10-18-16(22)13-11-12-7-4-5-8-14(12)19-17(13)23/h11H,1-10H2,(H,18,22)(H,19,23)(H,20,21). The van der Waals surface area contributed by atoms with Gasteiger partial charge in [-0.3, -0.25) is 14.4 Å². The van der Waals surface area contributed by atoms with E-state index in [9.17, 15) is 14.4 Å². The van der Waals surface area contributed by atoms with Crippen LogP contribution in [0.3, 0.4) is 0 Å². The maximum absolute atomic E-state index is 12.1. The molecule has 6 nitrogen and oxygen atoms in total. The Morgan fingerprint density at radius 1 is 1.13 bits per heavy atom. The van der Waals surface area contributed by atoms with Crippen LogP contribution in [0.25, 0.3) is 0 Å². The van der Waals surface area contributed by atoms with E-state index >= 15 is 0 Å². The van der Waals surface area contributed by atoms with Crippen LogP contribution in [-0.4, -0.2) is 28.5 Å². The number of nitrogens with one attached hydrogen (secondary N) is 2. The van der Waals surface area contributed by atoms with Crippen molar-refractivity contribution in [2.45, 2.75) is 57.8 Å². The summed E-state index contributed by atoms with van der Waals surface area (Å²) in [5.41, 5.74) is 1.92. The molecular weight excluding hydrogens is 296 g/mol. The fourth-order valence-corrected chi connectivity index (χ4v) is 2.90. The lowest BCUT2D eigenvalue weighted by Crippen LogP contribution is -2.31. The first-order valence-electron chi connectivity index (χ1n) is 8.33. The molecule has 1 aromatic heterocycles. The number of pyridine rings is 1. The topological polar surface area (TPSA) is 99.3 Å². The van der Waals surface area contributed by atoms with Gasteiger partial charge in [-0.05, 0) is 50.2 Å². The maximum Gasteiger partial charge on any atom is 0.303 e. The van der Waals surface area contributed by atoms with Crippen LogP contribution in [0.1, 0.15) is 66.6 Å². The summed E-state index contributed by atoms with van der Waals surface area (Å²) in [4.78, 5) is 37.3. The summed E-state index contributed by atoms with van der Waals surface area (Å²) in [6.07, 6.45) is 7.31. The number of hydrogen-bond donors (Lipinski definition) is 3. The summed E-state index contributed by atoms with van der Waals surface area (Å²) in [6.45, 7) is 0.502. The number of carboxylic acid groups (broad SMARTS) is 1. The fourth-order valence-electron chi connectivity index (χ4n) is 2.90. The van der Waals surface area contributed by atoms with Gasteiger partial charge in [0.1, 0.15) is 5.56 Å². The second-order valence-corrected chi connectivity index (χ2v) is 6.04. The minimum Gasteiger partial charge on any atom is -0.481 e. The minimum absolute atomic E-state index is 0.191. The van der Waals surface area contributed by atoms with Crippen LogP contribution in [0.4, 0.5) is 0 Å². The number of unbranched alkanes of at least 4 members (excludes halogenated alkanes) is 3. The molecule has 6 heteroatoms. The molecule has 1 aliphatic carbocycles. The third kappa shape index (κ3) is 5.23. The van der Waals surface area contributed by atoms with Crippen molar-refractivity contribution < 1.29 is 14.7 Å². The molecular formula is C17H24N2O4. The molecule has 1 aliphatic rings. The molecule has 0 unspecified atom stereocenters. The maximum atomic E-state index is 12.1. The Balaban J connectivity index is 1.77. The van der Waals surface area contributed by atoms with Gasteiger partial charge in [0.25, 0.3) is 11.5 Å². The van der Waals surface area contributed by atoms with E-state index in [1.54, 1.807) is 6.07 Å². The van der Waals surface area contributed by atoms with Gasteiger partial charge < -0.3 is 15.4 Å². The smallest absolute Gasteiger partial charge is 0.303 e. The first-order chi connectivity index (χ1) is 11.1. The van der Waals surface area contributed by atoms with E-state index < -0.39 is 5.97 Å². The van der Waals surface area contributed by atoms with Crippen molar-refractivity contribution in [2.24, 2.45) is 0 Å². The van der Waals surface area contributed by atoms with Crippen molar-refractivity contribution in [1.29, 1.82) is 0 Å². The Kier molecular flexibility index (Phi) is 6.38. The van der Waals surface area contributed by atoms with Gasteiger partial charge in [-0.15, -0.1) is 0 Å². The molecule has 126 valence electrons. The second kappa shape index (κ2) is 8.50. The van der Waals surface area contributed by atoms with Crippen LogP contribution >= 0.6 is 0 Å². The third-order valence-corrected chi connectivity index (χ3v) is 4.19. The summed E-state index contributed by atoms with van der Waals surface area (Å²) in [5.74, 6) is -1.10. The third-order valence-electron chi connectivity index (χ3n) is 4.19. The van der Waals surface area contributed by atoms with Gasteiger partial charge >= 0.3 is 5.97 Å². The molecule has 3 N–H and O–H groups in total. The highest BCUT2D eigenvalue weighted by molar-refractivity contribution is 5.94. The van der Waals surface area contributed by atoms with Crippen molar-refractivity contribution in [2.75, 3.05) is 6.54 Å². The average Bonchev–Trinajstić information content (AvgIpc) is 2.52. The summed E-state index contributed by atoms with van der Waals surface area (Å²) in [5, 5.41) is 11.3. The highest BCUT2D eigenvalue weighted by atomic mass is 16.4. The average molecular weight is 320 g/mol. The Morgan fingerprint density at radius 3 is 2.65 bits per heavy atom. The predicted molar refractivity (Wildman–Crippen MR) is 86.8 cm³/mol. The minimum atomic E-state index is -0.773. The number of carbonyl (C=O) groups is 2. The zero-order chi connectivity index (χ0) is 16.7. The number of fused-ring (bicyclic) bond motifs is 1. The molecule has 0 spiro atoms. The number of aromatic nitrogens is 1. The number of carboxylic acids is 1. The molecule has 1 amide bonds. The largest absolute Gasteiger partial charge is 0.481 e. The number of amides is 1. The highest BCUT2D eigenvalue weighted by Gasteiger charge is 2.16. The number of rotatable bonds is 8. The molecule has 0 atom stereocenters. The van der Waals surface area contributed by atoms with Crippen LogP contribution in [0.5, 0.6) is 0 Å². The van der Waals surface area contributed by atoms with Crippen molar-refractivity contribution in [3.05, 3.63) is 33.2 Å². The molecule has 0 aromatic carbocycles. The van der Waals surface area contributed by atoms with E-state index in [1.807, 2.05) is 0 Å². The van der Waals surface area contributed by atoms with E-state index in [4.69, 9.17) is 5.11 Å². The van der Waals surface area contributed by atoms with E-state index in [1.165, 1.54) is 0 Å². The Hall–Kier alpha value is -2.11. The van der Waals surface area contributed by atoms with Crippen molar-refractivity contribution in [1.82, 2.24) is 10.3 Å². The lowest BCUT2D eigenvalue weighted by Gasteiger charge is -2.15. The van der Waals surface area contributed by atoms with Crippen molar-refractivity contribution in [3.8, 4) is 0 Å². The van der Waals surface area contributed by atoms with Gasteiger partial charge in [0, 0.05) is 18.7 Å². The molecule has 0 saturated carbocycles. The highest BCUT2D eigenvalue weighted by Crippen LogP contribution is 2.18. The van der Waals surface area contributed by atoms with Crippen LogP contribution in [-0.2, 0) is 17.6 Å². The van der Waals surface area contributed by atoms with Crippen LogP contribution in [0.15, 0.2) is 10.9 Å². The van der Waals surface area contributed by atoms with E-state index in [2.05, 4.69) is 10.3 Å². The zero-order valence-corrected chi connectivity index (χ0v) is 13.3. The van der Waals surface area contributed by atoms with E-state index in [-0.39, 0.29) is 23.5 Å². The number of aliphatic carboxylic acids is 1. The lowest BCUT2D eigenvalue weighted by molar-refractivity contribution is -0.137. The molecule has 0 radical (unpaired) electrons. The first kappa shape index (κ1) is 17.2. The van der Waals surface area contributed by atoms with E-state index in [0.29, 0.717) is 13.0 Å². The Bertz CT molecular complexity index is 622. The normalized spacial score (nSPS) is 13.4. The summed E-state index contributed by atoms with van der Waals surface area (Å²) < 4.78 is 0. The number of aromatic amines is 1. The fraction of sp³-hybridized carbons (Fsp3) is 0.588. The number of H-pyrrole nitrogens is 1. The van der Waals surface area contributed by atoms with Crippen LogP contribution in [0.2, 0.25) is 0 Å². The number of hydrogen-bond acceptors (Lipinski definition) is 3. The van der Waals surface area contributed by atoms with Crippen molar-refractivity contribution >= 4 is 11.9 Å². The quantitative estimate of drug-likeness (QED) is 0.638. The van der Waals surface area contributed by atoms with Gasteiger partial charge in [-0.2, -0.15) is 0 Å². The molecule has 0 fully saturated rings. The van der Waals surface area contributed by atoms with Gasteiger partial charge in [0.15, 0.2) is 0 Å². The van der Waals surface area contributed by atoms with Gasteiger partial charge in [-0.25, -0.2) is 0 Å². The number of carbonyl (C=O) groups excluding carboxylic acids is 1. The monoisotopic (exact) mass is 320 g/mol. The first-order valence-corrected chi connectivity index (χ1v) is 8.33. The Labute approximate surface area is 135 Å². The molecule has 1 aromatic rings. The summed E-state index contributed by atoms with van der Waals surface area (Å²) in [7, 11) is 0. The SMILES string of the molecule is O=C(O)CCCCCCNC(=O)c1cc2c([nH]c1=O)CCCC2. The summed E-state index contributed by atoms with van der Waals surface area (Å²) in [6, 6.07) is 1.73. The molecule has 0 aliphatic heterocycles. The molecule has 1 heterocycles. The Morgan fingerprint density at radius 2 is 1.87 bits per heavy atom. The molecule has 0 bridgehead atoms. The lowest BCUT2D eigenvalue weighted by atomic mass is 9.95. The van der Waals surface area contributed by atoms with Crippen LogP contribution < -0.4 is 10.9 Å². The molecule has 2 rings (SSSR count). The van der Waals surface area contributed by atoms with Crippen LogP contribution in [0, 0.1) is 0 Å². The number of aryl methyl sites for hydroxylation is 2. The molecule has 0 saturated heterocycles. The van der Waals surface area contributed by atoms with Crippen molar-refractivity contribution in [3.63, 3.8) is 0 Å².